The monoisotopic (exact) mass is 338 g/mol. The molecular formula is C19H18N2O4. The van der Waals surface area contributed by atoms with Gasteiger partial charge in [-0.05, 0) is 24.6 Å². The molecule has 0 saturated carbocycles. The SMILES string of the molecule is CCOc1ccccc1-c1noc(COC(=O)Cc2ccccc2)n1. The molecule has 6 nitrogen and oxygen atoms in total. The maximum atomic E-state index is 11.9. The van der Waals surface area contributed by atoms with Gasteiger partial charge in [-0.3, -0.25) is 4.79 Å². The number of para-hydroxylation sites is 1. The number of carbonyl (C=O) groups excluding carboxylic acids is 1. The lowest BCUT2D eigenvalue weighted by atomic mass is 10.2. The highest BCUT2D eigenvalue weighted by atomic mass is 16.6. The molecule has 6 heteroatoms. The van der Waals surface area contributed by atoms with Crippen LogP contribution in [-0.4, -0.2) is 22.7 Å². The van der Waals surface area contributed by atoms with Gasteiger partial charge in [0.15, 0.2) is 6.61 Å². The predicted molar refractivity (Wildman–Crippen MR) is 90.8 cm³/mol. The molecule has 0 amide bonds. The van der Waals surface area contributed by atoms with Crippen LogP contribution >= 0.6 is 0 Å². The van der Waals surface area contributed by atoms with Crippen molar-refractivity contribution in [3.8, 4) is 17.1 Å². The van der Waals surface area contributed by atoms with Gasteiger partial charge in [0.05, 0.1) is 18.6 Å². The van der Waals surface area contributed by atoms with E-state index in [1.165, 1.54) is 0 Å². The number of benzene rings is 2. The smallest absolute Gasteiger partial charge is 0.310 e. The number of ether oxygens (including phenoxy) is 2. The quantitative estimate of drug-likeness (QED) is 0.615. The number of esters is 1. The fraction of sp³-hybridized carbons (Fsp3) is 0.211. The van der Waals surface area contributed by atoms with Gasteiger partial charge >= 0.3 is 5.97 Å². The van der Waals surface area contributed by atoms with Gasteiger partial charge in [-0.15, -0.1) is 0 Å². The minimum atomic E-state index is -0.347. The van der Waals surface area contributed by atoms with Gasteiger partial charge in [0.1, 0.15) is 5.75 Å². The van der Waals surface area contributed by atoms with Gasteiger partial charge in [0, 0.05) is 0 Å². The molecular weight excluding hydrogens is 320 g/mol. The van der Waals surface area contributed by atoms with Gasteiger partial charge in [-0.25, -0.2) is 0 Å². The molecule has 0 aliphatic rings. The highest BCUT2D eigenvalue weighted by Crippen LogP contribution is 2.27. The number of hydrogen-bond acceptors (Lipinski definition) is 6. The summed E-state index contributed by atoms with van der Waals surface area (Å²) in [6, 6.07) is 16.8. The van der Waals surface area contributed by atoms with Crippen LogP contribution in [0.25, 0.3) is 11.4 Å². The minimum Gasteiger partial charge on any atom is -0.493 e. The van der Waals surface area contributed by atoms with Gasteiger partial charge in [0.2, 0.25) is 5.82 Å². The molecule has 0 aliphatic carbocycles. The Hall–Kier alpha value is -3.15. The highest BCUT2D eigenvalue weighted by molar-refractivity contribution is 5.72. The zero-order valence-electron chi connectivity index (χ0n) is 13.8. The molecule has 1 heterocycles. The first-order valence-electron chi connectivity index (χ1n) is 8.00. The first-order chi connectivity index (χ1) is 12.3. The second-order valence-corrected chi connectivity index (χ2v) is 5.26. The molecule has 3 rings (SSSR count). The van der Waals surface area contributed by atoms with Crippen LogP contribution in [0.4, 0.5) is 0 Å². The van der Waals surface area contributed by atoms with Gasteiger partial charge in [0.25, 0.3) is 5.89 Å². The summed E-state index contributed by atoms with van der Waals surface area (Å²) >= 11 is 0. The van der Waals surface area contributed by atoms with Gasteiger partial charge in [-0.2, -0.15) is 4.98 Å². The molecule has 0 saturated heterocycles. The van der Waals surface area contributed by atoms with Crippen LogP contribution in [0.3, 0.4) is 0 Å². The second kappa shape index (κ2) is 8.10. The van der Waals surface area contributed by atoms with Crippen LogP contribution < -0.4 is 4.74 Å². The molecule has 0 fully saturated rings. The number of carbonyl (C=O) groups is 1. The number of aromatic nitrogens is 2. The third kappa shape index (κ3) is 4.44. The molecule has 0 spiro atoms. The van der Waals surface area contributed by atoms with E-state index in [9.17, 15) is 4.79 Å². The van der Waals surface area contributed by atoms with Crippen molar-refractivity contribution in [2.45, 2.75) is 20.0 Å². The van der Waals surface area contributed by atoms with Crippen molar-refractivity contribution < 1.29 is 18.8 Å². The Balaban J connectivity index is 1.61. The van der Waals surface area contributed by atoms with E-state index < -0.39 is 0 Å². The summed E-state index contributed by atoms with van der Waals surface area (Å²) in [6.45, 7) is 2.39. The van der Waals surface area contributed by atoms with E-state index in [2.05, 4.69) is 10.1 Å². The first-order valence-corrected chi connectivity index (χ1v) is 8.00. The molecule has 0 atom stereocenters. The van der Waals surface area contributed by atoms with E-state index in [1.807, 2.05) is 61.5 Å². The Morgan fingerprint density at radius 3 is 2.64 bits per heavy atom. The lowest BCUT2D eigenvalue weighted by Crippen LogP contribution is -2.08. The van der Waals surface area contributed by atoms with E-state index in [0.29, 0.717) is 18.2 Å². The second-order valence-electron chi connectivity index (χ2n) is 5.26. The molecule has 25 heavy (non-hydrogen) atoms. The van der Waals surface area contributed by atoms with Crippen molar-refractivity contribution >= 4 is 5.97 Å². The zero-order valence-corrected chi connectivity index (χ0v) is 13.8. The molecule has 3 aromatic rings. The van der Waals surface area contributed by atoms with Crippen molar-refractivity contribution in [3.05, 3.63) is 66.1 Å². The van der Waals surface area contributed by atoms with E-state index in [0.717, 1.165) is 11.1 Å². The summed E-state index contributed by atoms with van der Waals surface area (Å²) in [5.41, 5.74) is 1.62. The molecule has 0 N–H and O–H groups in total. The lowest BCUT2D eigenvalue weighted by molar-refractivity contribution is -0.144. The van der Waals surface area contributed by atoms with Crippen molar-refractivity contribution in [2.75, 3.05) is 6.61 Å². The number of rotatable bonds is 7. The summed E-state index contributed by atoms with van der Waals surface area (Å²) in [7, 11) is 0. The Morgan fingerprint density at radius 2 is 1.84 bits per heavy atom. The minimum absolute atomic E-state index is 0.0601. The van der Waals surface area contributed by atoms with Crippen LogP contribution in [-0.2, 0) is 22.6 Å². The molecule has 0 aliphatic heterocycles. The molecule has 1 aromatic heterocycles. The molecule has 2 aromatic carbocycles. The van der Waals surface area contributed by atoms with Crippen LogP contribution in [0.5, 0.6) is 5.75 Å². The van der Waals surface area contributed by atoms with Crippen LogP contribution in [0.1, 0.15) is 18.4 Å². The lowest BCUT2D eigenvalue weighted by Gasteiger charge is -2.06. The summed E-state index contributed by atoms with van der Waals surface area (Å²) < 4.78 is 15.9. The third-order valence-electron chi connectivity index (χ3n) is 3.44. The average Bonchev–Trinajstić information content (AvgIpc) is 3.10. The largest absolute Gasteiger partial charge is 0.493 e. The fourth-order valence-electron chi connectivity index (χ4n) is 2.31. The fourth-order valence-corrected chi connectivity index (χ4v) is 2.31. The molecule has 0 unspecified atom stereocenters. The normalized spacial score (nSPS) is 10.4. The van der Waals surface area contributed by atoms with E-state index in [-0.39, 0.29) is 24.9 Å². The summed E-state index contributed by atoms with van der Waals surface area (Å²) in [5.74, 6) is 0.972. The van der Waals surface area contributed by atoms with Crippen LogP contribution in [0.2, 0.25) is 0 Å². The van der Waals surface area contributed by atoms with Crippen molar-refractivity contribution in [2.24, 2.45) is 0 Å². The third-order valence-corrected chi connectivity index (χ3v) is 3.44. The highest BCUT2D eigenvalue weighted by Gasteiger charge is 2.14. The van der Waals surface area contributed by atoms with E-state index in [4.69, 9.17) is 14.0 Å². The number of hydrogen-bond donors (Lipinski definition) is 0. The van der Waals surface area contributed by atoms with Crippen molar-refractivity contribution in [1.29, 1.82) is 0 Å². The Labute approximate surface area is 145 Å². The Kier molecular flexibility index (Phi) is 5.41. The number of nitrogens with zero attached hydrogens (tertiary/aromatic N) is 2. The topological polar surface area (TPSA) is 74.5 Å². The van der Waals surface area contributed by atoms with E-state index >= 15 is 0 Å². The maximum Gasteiger partial charge on any atom is 0.310 e. The Morgan fingerprint density at radius 1 is 1.08 bits per heavy atom. The summed E-state index contributed by atoms with van der Waals surface area (Å²) in [4.78, 5) is 16.1. The van der Waals surface area contributed by atoms with Gasteiger partial charge < -0.3 is 14.0 Å². The van der Waals surface area contributed by atoms with Crippen molar-refractivity contribution in [1.82, 2.24) is 10.1 Å². The molecule has 0 bridgehead atoms. The van der Waals surface area contributed by atoms with Crippen LogP contribution in [0.15, 0.2) is 59.1 Å². The average molecular weight is 338 g/mol. The zero-order chi connectivity index (χ0) is 17.5. The summed E-state index contributed by atoms with van der Waals surface area (Å²) in [5, 5.41) is 3.93. The standard InChI is InChI=1S/C19H18N2O4/c1-2-23-16-11-7-6-10-15(16)19-20-17(25-21-19)13-24-18(22)12-14-8-4-3-5-9-14/h3-11H,2,12-13H2,1H3. The van der Waals surface area contributed by atoms with Gasteiger partial charge in [-0.1, -0.05) is 47.6 Å². The first kappa shape index (κ1) is 16.7. The predicted octanol–water partition coefficient (Wildman–Crippen LogP) is 3.42. The Bertz CT molecular complexity index is 830. The van der Waals surface area contributed by atoms with E-state index in [1.54, 1.807) is 0 Å². The molecule has 128 valence electrons. The van der Waals surface area contributed by atoms with Crippen LogP contribution in [0, 0.1) is 0 Å². The summed E-state index contributed by atoms with van der Waals surface area (Å²) in [6.07, 6.45) is 0.203. The maximum absolute atomic E-state index is 11.9. The molecule has 0 radical (unpaired) electrons. The van der Waals surface area contributed by atoms with Crippen molar-refractivity contribution in [3.63, 3.8) is 0 Å².